The maximum absolute atomic E-state index is 11.8. The first-order valence-electron chi connectivity index (χ1n) is 8.54. The summed E-state index contributed by atoms with van der Waals surface area (Å²) in [7, 11) is 0. The first-order chi connectivity index (χ1) is 9.75. The molecule has 4 heteroatoms. The number of carbonyl (C=O) groups excluding carboxylic acids is 1. The summed E-state index contributed by atoms with van der Waals surface area (Å²) >= 11 is 0. The maximum atomic E-state index is 11.8. The second-order valence-corrected chi connectivity index (χ2v) is 6.47. The molecule has 0 aromatic carbocycles. The van der Waals surface area contributed by atoms with Gasteiger partial charge in [-0.3, -0.25) is 0 Å². The Morgan fingerprint density at radius 3 is 2.60 bits per heavy atom. The lowest BCUT2D eigenvalue weighted by atomic mass is 9.96. The van der Waals surface area contributed by atoms with Crippen LogP contribution in [-0.4, -0.2) is 42.6 Å². The highest BCUT2D eigenvalue weighted by atomic mass is 16.2. The lowest BCUT2D eigenvalue weighted by Crippen LogP contribution is -2.44. The van der Waals surface area contributed by atoms with Crippen molar-refractivity contribution in [1.82, 2.24) is 15.5 Å². The second-order valence-electron chi connectivity index (χ2n) is 6.47. The average Bonchev–Trinajstić information content (AvgIpc) is 2.46. The van der Waals surface area contributed by atoms with Crippen LogP contribution in [0.2, 0.25) is 0 Å². The van der Waals surface area contributed by atoms with E-state index < -0.39 is 0 Å². The predicted octanol–water partition coefficient (Wildman–Crippen LogP) is 2.88. The Kier molecular flexibility index (Phi) is 6.64. The molecule has 0 spiro atoms. The number of carbonyl (C=O) groups is 1. The number of hydrogen-bond acceptors (Lipinski definition) is 2. The minimum absolute atomic E-state index is 0.0311. The first-order valence-corrected chi connectivity index (χ1v) is 8.54. The second kappa shape index (κ2) is 8.50. The minimum Gasteiger partial charge on any atom is -0.338 e. The number of likely N-dealkylation sites (tertiary alicyclic amines) is 1. The first kappa shape index (κ1) is 15.6. The quantitative estimate of drug-likeness (QED) is 0.761. The zero-order valence-corrected chi connectivity index (χ0v) is 13.0. The van der Waals surface area contributed by atoms with Gasteiger partial charge in [0.1, 0.15) is 0 Å². The standard InChI is InChI=1S/C16H31N3O/c1-14-8-5-6-12-19(14)13-7-11-17-16(20)18-15-9-3-2-4-10-15/h14-15H,2-13H2,1H3,(H2,17,18,20). The van der Waals surface area contributed by atoms with Crippen LogP contribution in [0.4, 0.5) is 4.79 Å². The monoisotopic (exact) mass is 281 g/mol. The van der Waals surface area contributed by atoms with Gasteiger partial charge in [-0.15, -0.1) is 0 Å². The summed E-state index contributed by atoms with van der Waals surface area (Å²) in [5.74, 6) is 0. The Labute approximate surface area is 123 Å². The third-order valence-electron chi connectivity index (χ3n) is 4.79. The third-order valence-corrected chi connectivity index (χ3v) is 4.79. The average molecular weight is 281 g/mol. The minimum atomic E-state index is 0.0311. The van der Waals surface area contributed by atoms with Gasteiger partial charge >= 0.3 is 6.03 Å². The van der Waals surface area contributed by atoms with Gasteiger partial charge in [0.2, 0.25) is 0 Å². The van der Waals surface area contributed by atoms with Gasteiger partial charge in [-0.05, 0) is 45.6 Å². The Hall–Kier alpha value is -0.770. The highest BCUT2D eigenvalue weighted by Gasteiger charge is 2.18. The van der Waals surface area contributed by atoms with E-state index in [2.05, 4.69) is 22.5 Å². The summed E-state index contributed by atoms with van der Waals surface area (Å²) in [5, 5.41) is 6.11. The molecule has 2 rings (SSSR count). The van der Waals surface area contributed by atoms with Crippen LogP contribution >= 0.6 is 0 Å². The summed E-state index contributed by atoms with van der Waals surface area (Å²) < 4.78 is 0. The van der Waals surface area contributed by atoms with Crippen LogP contribution in [0.5, 0.6) is 0 Å². The van der Waals surface area contributed by atoms with E-state index in [-0.39, 0.29) is 6.03 Å². The van der Waals surface area contributed by atoms with Crippen molar-refractivity contribution in [3.05, 3.63) is 0 Å². The summed E-state index contributed by atoms with van der Waals surface area (Å²) in [6, 6.07) is 1.16. The Morgan fingerprint density at radius 1 is 1.10 bits per heavy atom. The van der Waals surface area contributed by atoms with Crippen molar-refractivity contribution in [2.75, 3.05) is 19.6 Å². The Balaban J connectivity index is 1.52. The Bertz CT molecular complexity index is 289. The fourth-order valence-electron chi connectivity index (χ4n) is 3.46. The van der Waals surface area contributed by atoms with Crippen molar-refractivity contribution in [2.45, 2.75) is 76.8 Å². The molecule has 1 aliphatic heterocycles. The molecule has 1 heterocycles. The molecule has 0 radical (unpaired) electrons. The lowest BCUT2D eigenvalue weighted by Gasteiger charge is -2.33. The van der Waals surface area contributed by atoms with Gasteiger partial charge in [0.05, 0.1) is 0 Å². The van der Waals surface area contributed by atoms with Crippen LogP contribution in [-0.2, 0) is 0 Å². The molecular weight excluding hydrogens is 250 g/mol. The van der Waals surface area contributed by atoms with Crippen molar-refractivity contribution in [3.63, 3.8) is 0 Å². The molecule has 4 nitrogen and oxygen atoms in total. The number of hydrogen-bond donors (Lipinski definition) is 2. The van der Waals surface area contributed by atoms with Gasteiger partial charge in [-0.25, -0.2) is 4.79 Å². The maximum Gasteiger partial charge on any atom is 0.315 e. The number of rotatable bonds is 5. The van der Waals surface area contributed by atoms with Crippen LogP contribution in [0.15, 0.2) is 0 Å². The van der Waals surface area contributed by atoms with Crippen molar-refractivity contribution in [2.24, 2.45) is 0 Å². The van der Waals surface area contributed by atoms with Crippen molar-refractivity contribution in [1.29, 1.82) is 0 Å². The molecule has 1 aliphatic carbocycles. The van der Waals surface area contributed by atoms with Gasteiger partial charge in [0.25, 0.3) is 0 Å². The fourth-order valence-corrected chi connectivity index (χ4v) is 3.46. The topological polar surface area (TPSA) is 44.4 Å². The summed E-state index contributed by atoms with van der Waals surface area (Å²) in [6.45, 7) is 5.46. The highest BCUT2D eigenvalue weighted by molar-refractivity contribution is 5.74. The normalized spacial score (nSPS) is 25.4. The molecule has 2 aliphatic rings. The van der Waals surface area contributed by atoms with Crippen LogP contribution in [0.25, 0.3) is 0 Å². The van der Waals surface area contributed by atoms with Crippen LogP contribution in [0.3, 0.4) is 0 Å². The molecule has 1 atom stereocenters. The van der Waals surface area contributed by atoms with E-state index in [1.165, 1.54) is 45.1 Å². The Morgan fingerprint density at radius 2 is 1.85 bits per heavy atom. The third kappa shape index (κ3) is 5.31. The molecule has 20 heavy (non-hydrogen) atoms. The van der Waals surface area contributed by atoms with Gasteiger partial charge in [-0.2, -0.15) is 0 Å². The number of urea groups is 1. The van der Waals surface area contributed by atoms with Crippen molar-refractivity contribution in [3.8, 4) is 0 Å². The van der Waals surface area contributed by atoms with Crippen LogP contribution < -0.4 is 10.6 Å². The zero-order chi connectivity index (χ0) is 14.2. The molecule has 116 valence electrons. The molecule has 2 fully saturated rings. The van der Waals surface area contributed by atoms with Crippen LogP contribution in [0, 0.1) is 0 Å². The molecule has 0 aromatic rings. The van der Waals surface area contributed by atoms with Crippen molar-refractivity contribution < 1.29 is 4.79 Å². The SMILES string of the molecule is CC1CCCCN1CCCNC(=O)NC1CCCCC1. The van der Waals surface area contributed by atoms with Gasteiger partial charge < -0.3 is 15.5 Å². The van der Waals surface area contributed by atoms with Gasteiger partial charge in [0.15, 0.2) is 0 Å². The van der Waals surface area contributed by atoms with E-state index in [0.29, 0.717) is 6.04 Å². The molecule has 1 saturated carbocycles. The summed E-state index contributed by atoms with van der Waals surface area (Å²) in [5.41, 5.74) is 0. The lowest BCUT2D eigenvalue weighted by molar-refractivity contribution is 0.159. The molecule has 0 bridgehead atoms. The fraction of sp³-hybridized carbons (Fsp3) is 0.938. The van der Waals surface area contributed by atoms with E-state index in [1.807, 2.05) is 0 Å². The molecule has 2 N–H and O–H groups in total. The van der Waals surface area contributed by atoms with Gasteiger partial charge in [0, 0.05) is 25.2 Å². The largest absolute Gasteiger partial charge is 0.338 e. The van der Waals surface area contributed by atoms with Gasteiger partial charge in [-0.1, -0.05) is 25.7 Å². The summed E-state index contributed by atoms with van der Waals surface area (Å²) in [4.78, 5) is 14.4. The zero-order valence-electron chi connectivity index (χ0n) is 13.0. The summed E-state index contributed by atoms with van der Waals surface area (Å²) in [6.07, 6.45) is 11.2. The smallest absolute Gasteiger partial charge is 0.315 e. The molecular formula is C16H31N3O. The molecule has 1 saturated heterocycles. The van der Waals surface area contributed by atoms with E-state index in [4.69, 9.17) is 0 Å². The van der Waals surface area contributed by atoms with E-state index in [9.17, 15) is 4.79 Å². The molecule has 0 aromatic heterocycles. The number of nitrogens with one attached hydrogen (secondary N) is 2. The van der Waals surface area contributed by atoms with Crippen molar-refractivity contribution >= 4 is 6.03 Å². The van der Waals surface area contributed by atoms with E-state index in [1.54, 1.807) is 0 Å². The van der Waals surface area contributed by atoms with Crippen LogP contribution in [0.1, 0.15) is 64.7 Å². The number of amides is 2. The highest BCUT2D eigenvalue weighted by Crippen LogP contribution is 2.17. The predicted molar refractivity (Wildman–Crippen MR) is 82.9 cm³/mol. The number of piperidine rings is 1. The number of nitrogens with zero attached hydrogens (tertiary/aromatic N) is 1. The molecule has 2 amide bonds. The van der Waals surface area contributed by atoms with E-state index >= 15 is 0 Å². The van der Waals surface area contributed by atoms with E-state index in [0.717, 1.165) is 38.4 Å². The molecule has 1 unspecified atom stereocenters.